The number of rotatable bonds is 4. The quantitative estimate of drug-likeness (QED) is 0.792. The molecule has 0 saturated carbocycles. The number of para-hydroxylation sites is 1. The predicted octanol–water partition coefficient (Wildman–Crippen LogP) is 2.58. The Labute approximate surface area is 184 Å². The number of carbonyl (C=O) groups is 3. The van der Waals surface area contributed by atoms with Crippen LogP contribution in [0.5, 0.6) is 5.75 Å². The van der Waals surface area contributed by atoms with Gasteiger partial charge >= 0.3 is 0 Å². The summed E-state index contributed by atoms with van der Waals surface area (Å²) in [6.45, 7) is 5.21. The summed E-state index contributed by atoms with van der Waals surface area (Å²) >= 11 is 1.07. The van der Waals surface area contributed by atoms with Gasteiger partial charge in [0, 0.05) is 19.4 Å². The van der Waals surface area contributed by atoms with Crippen LogP contribution in [-0.2, 0) is 19.3 Å². The van der Waals surface area contributed by atoms with Crippen molar-refractivity contribution >= 4 is 40.3 Å². The number of carbonyl (C=O) groups excluding carboxylic acids is 3. The molecule has 1 unspecified atom stereocenters. The number of aryl methyl sites for hydroxylation is 1. The SMILES string of the molecule is CC(=O)NC1=NN(C(C)=O)C2(S1)C(=O)N(CCOc1ccccc1)c1ccc(C)cc12. The zero-order chi connectivity index (χ0) is 22.2. The highest BCUT2D eigenvalue weighted by Gasteiger charge is 2.61. The molecule has 2 aliphatic rings. The standard InChI is InChI=1S/C22H22N4O4S/c1-14-9-10-19-18(13-14)22(26(16(3)28)24-21(31-22)23-15(2)27)20(29)25(19)11-12-30-17-7-5-4-6-8-17/h4-10,13H,11-12H2,1-3H3,(H,23,24,27). The Balaban J connectivity index is 1.68. The first kappa shape index (κ1) is 20.9. The molecule has 0 aliphatic carbocycles. The predicted molar refractivity (Wildman–Crippen MR) is 119 cm³/mol. The van der Waals surface area contributed by atoms with Crippen molar-refractivity contribution in [1.82, 2.24) is 10.3 Å². The normalized spacial score (nSPS) is 19.5. The Kier molecular flexibility index (Phi) is 5.45. The van der Waals surface area contributed by atoms with Crippen molar-refractivity contribution in [2.45, 2.75) is 25.6 Å². The molecule has 0 saturated heterocycles. The lowest BCUT2D eigenvalue weighted by Crippen LogP contribution is -2.49. The summed E-state index contributed by atoms with van der Waals surface area (Å²) in [6.07, 6.45) is 0. The van der Waals surface area contributed by atoms with Gasteiger partial charge in [0.1, 0.15) is 12.4 Å². The van der Waals surface area contributed by atoms with Crippen molar-refractivity contribution in [2.24, 2.45) is 5.10 Å². The molecule has 0 fully saturated rings. The van der Waals surface area contributed by atoms with Gasteiger partial charge in [0.2, 0.25) is 16.7 Å². The van der Waals surface area contributed by atoms with E-state index in [0.29, 0.717) is 23.5 Å². The van der Waals surface area contributed by atoms with E-state index < -0.39 is 10.8 Å². The van der Waals surface area contributed by atoms with Gasteiger partial charge in [-0.3, -0.25) is 14.4 Å². The maximum Gasteiger partial charge on any atom is 0.270 e. The molecule has 31 heavy (non-hydrogen) atoms. The molecule has 8 nitrogen and oxygen atoms in total. The maximum atomic E-state index is 13.8. The number of thioether (sulfide) groups is 1. The van der Waals surface area contributed by atoms with Crippen LogP contribution in [0.3, 0.4) is 0 Å². The van der Waals surface area contributed by atoms with Gasteiger partial charge in [0.05, 0.1) is 12.2 Å². The number of hydrazone groups is 1. The zero-order valence-electron chi connectivity index (χ0n) is 17.4. The molecule has 2 heterocycles. The van der Waals surface area contributed by atoms with Crippen molar-refractivity contribution in [1.29, 1.82) is 0 Å². The lowest BCUT2D eigenvalue weighted by molar-refractivity contribution is -0.139. The van der Waals surface area contributed by atoms with Crippen LogP contribution in [0.25, 0.3) is 0 Å². The number of nitrogens with one attached hydrogen (secondary N) is 1. The largest absolute Gasteiger partial charge is 0.492 e. The number of ether oxygens (including phenoxy) is 1. The fraction of sp³-hybridized carbons (Fsp3) is 0.273. The number of hydrogen-bond donors (Lipinski definition) is 1. The Morgan fingerprint density at radius 3 is 2.58 bits per heavy atom. The van der Waals surface area contributed by atoms with Crippen LogP contribution in [0.15, 0.2) is 53.6 Å². The zero-order valence-corrected chi connectivity index (χ0v) is 18.2. The Bertz CT molecular complexity index is 1090. The molecule has 2 aliphatic heterocycles. The Hall–Kier alpha value is -3.33. The fourth-order valence-electron chi connectivity index (χ4n) is 3.72. The lowest BCUT2D eigenvalue weighted by atomic mass is 10.0. The highest BCUT2D eigenvalue weighted by molar-refractivity contribution is 8.15. The van der Waals surface area contributed by atoms with Crippen molar-refractivity contribution in [2.75, 3.05) is 18.1 Å². The number of amides is 3. The second-order valence-corrected chi connectivity index (χ2v) is 8.48. The van der Waals surface area contributed by atoms with Crippen LogP contribution in [-0.4, -0.2) is 41.0 Å². The third-order valence-electron chi connectivity index (χ3n) is 4.98. The number of amidine groups is 1. The van der Waals surface area contributed by atoms with Crippen molar-refractivity contribution in [3.05, 3.63) is 59.7 Å². The van der Waals surface area contributed by atoms with Crippen molar-refractivity contribution in [3.8, 4) is 5.75 Å². The maximum absolute atomic E-state index is 13.8. The average molecular weight is 439 g/mol. The van der Waals surface area contributed by atoms with Crippen LogP contribution in [0.2, 0.25) is 0 Å². The number of hydrogen-bond acceptors (Lipinski definition) is 6. The summed E-state index contributed by atoms with van der Waals surface area (Å²) in [5.41, 5.74) is 2.32. The number of anilines is 1. The van der Waals surface area contributed by atoms with Gasteiger partial charge in [-0.2, -0.15) is 5.01 Å². The van der Waals surface area contributed by atoms with E-state index in [2.05, 4.69) is 10.4 Å². The van der Waals surface area contributed by atoms with Gasteiger partial charge in [-0.1, -0.05) is 35.9 Å². The lowest BCUT2D eigenvalue weighted by Gasteiger charge is -2.29. The van der Waals surface area contributed by atoms with Gasteiger partial charge < -0.3 is 15.0 Å². The average Bonchev–Trinajstić information content (AvgIpc) is 3.21. The first-order valence-corrected chi connectivity index (χ1v) is 10.6. The molecule has 1 N–H and O–H groups in total. The molecular weight excluding hydrogens is 416 g/mol. The van der Waals surface area contributed by atoms with Gasteiger partial charge in [-0.25, -0.2) is 0 Å². The first-order chi connectivity index (χ1) is 14.8. The van der Waals surface area contributed by atoms with Crippen molar-refractivity contribution in [3.63, 3.8) is 0 Å². The van der Waals surface area contributed by atoms with E-state index in [9.17, 15) is 14.4 Å². The topological polar surface area (TPSA) is 91.3 Å². The number of fused-ring (bicyclic) bond motifs is 2. The van der Waals surface area contributed by atoms with Gasteiger partial charge in [0.25, 0.3) is 5.91 Å². The summed E-state index contributed by atoms with van der Waals surface area (Å²) in [7, 11) is 0. The van der Waals surface area contributed by atoms with Crippen LogP contribution in [0, 0.1) is 6.92 Å². The summed E-state index contributed by atoms with van der Waals surface area (Å²) in [5, 5.41) is 8.25. The minimum absolute atomic E-state index is 0.214. The summed E-state index contributed by atoms with van der Waals surface area (Å²) in [5.74, 6) is -0.301. The van der Waals surface area contributed by atoms with Crippen molar-refractivity contribution < 1.29 is 19.1 Å². The second kappa shape index (κ2) is 8.07. The molecule has 160 valence electrons. The molecule has 1 spiro atoms. The minimum atomic E-state index is -1.39. The highest BCUT2D eigenvalue weighted by Crippen LogP contribution is 2.54. The highest BCUT2D eigenvalue weighted by atomic mass is 32.2. The minimum Gasteiger partial charge on any atom is -0.492 e. The van der Waals surface area contributed by atoms with E-state index in [1.165, 1.54) is 18.9 Å². The summed E-state index contributed by atoms with van der Waals surface area (Å²) < 4.78 is 5.79. The monoisotopic (exact) mass is 438 g/mol. The molecule has 9 heteroatoms. The number of nitrogens with zero attached hydrogens (tertiary/aromatic N) is 3. The van der Waals surface area contributed by atoms with Gasteiger partial charge in [-0.05, 0) is 36.9 Å². The molecule has 1 atom stereocenters. The second-order valence-electron chi connectivity index (χ2n) is 7.30. The smallest absolute Gasteiger partial charge is 0.270 e. The molecule has 0 aromatic heterocycles. The Morgan fingerprint density at radius 2 is 1.90 bits per heavy atom. The fourth-order valence-corrected chi connectivity index (χ4v) is 5.04. The van der Waals surface area contributed by atoms with E-state index >= 15 is 0 Å². The van der Waals surface area contributed by atoms with Gasteiger partial charge in [0.15, 0.2) is 5.17 Å². The van der Waals surface area contributed by atoms with Crippen LogP contribution in [0.4, 0.5) is 5.69 Å². The van der Waals surface area contributed by atoms with E-state index in [1.807, 2.05) is 55.5 Å². The molecule has 0 radical (unpaired) electrons. The first-order valence-electron chi connectivity index (χ1n) is 9.80. The molecule has 3 amide bonds. The van der Waals surface area contributed by atoms with E-state index in [4.69, 9.17) is 4.74 Å². The molecule has 0 bridgehead atoms. The molecule has 4 rings (SSSR count). The Morgan fingerprint density at radius 1 is 1.16 bits per heavy atom. The summed E-state index contributed by atoms with van der Waals surface area (Å²) in [4.78, 5) is 38.0. The third-order valence-corrected chi connectivity index (χ3v) is 6.22. The molecule has 2 aromatic carbocycles. The third kappa shape index (κ3) is 3.65. The van der Waals surface area contributed by atoms with Crippen LogP contribution in [0.1, 0.15) is 25.0 Å². The van der Waals surface area contributed by atoms with Gasteiger partial charge in [-0.15, -0.1) is 5.10 Å². The number of benzene rings is 2. The van der Waals surface area contributed by atoms with E-state index in [-0.39, 0.29) is 23.6 Å². The van der Waals surface area contributed by atoms with Crippen LogP contribution < -0.4 is 15.0 Å². The van der Waals surface area contributed by atoms with Crippen LogP contribution >= 0.6 is 11.8 Å². The van der Waals surface area contributed by atoms with E-state index in [0.717, 1.165) is 17.3 Å². The van der Waals surface area contributed by atoms with E-state index in [1.54, 1.807) is 4.90 Å². The molecule has 2 aromatic rings. The molecular formula is C22H22N4O4S. The summed E-state index contributed by atoms with van der Waals surface area (Å²) in [6, 6.07) is 15.0.